The summed E-state index contributed by atoms with van der Waals surface area (Å²) in [6.45, 7) is -2.18. The van der Waals surface area contributed by atoms with Crippen molar-refractivity contribution in [3.05, 3.63) is 59.7 Å². The van der Waals surface area contributed by atoms with E-state index >= 15 is 0 Å². The molecule has 0 amide bonds. The van der Waals surface area contributed by atoms with Crippen LogP contribution in [0.4, 0.5) is 28.4 Å². The highest BCUT2D eigenvalue weighted by atomic mass is 32.3. The number of aromatic carboxylic acids is 2. The molecule has 0 radical (unpaired) electrons. The lowest BCUT2D eigenvalue weighted by Crippen LogP contribution is -2.16. The van der Waals surface area contributed by atoms with Crippen molar-refractivity contribution in [3.63, 3.8) is 0 Å². The molecule has 0 aliphatic heterocycles. The summed E-state index contributed by atoms with van der Waals surface area (Å²) >= 11 is 0. The summed E-state index contributed by atoms with van der Waals surface area (Å²) in [7, 11) is -30.1. The predicted molar refractivity (Wildman–Crippen MR) is 204 cm³/mol. The molecule has 34 heteroatoms. The van der Waals surface area contributed by atoms with E-state index in [4.69, 9.17) is 14.8 Å². The second-order valence-electron chi connectivity index (χ2n) is 11.8. The number of nitrogens with zero attached hydrogens (tertiary/aromatic N) is 4. The van der Waals surface area contributed by atoms with E-state index < -0.39 is 173 Å². The smallest absolute Gasteiger partial charge is 0.397 e. The minimum Gasteiger partial charge on any atom is -0.505 e. The van der Waals surface area contributed by atoms with Gasteiger partial charge in [-0.3, -0.25) is 18.2 Å². The maximum atomic E-state index is 12.7. The van der Waals surface area contributed by atoms with E-state index in [1.807, 2.05) is 0 Å². The zero-order valence-electron chi connectivity index (χ0n) is 29.9. The predicted octanol–water partition coefficient (Wildman–Crippen LogP) is 2.03. The molecule has 4 aromatic carbocycles. The Bertz CT molecular complexity index is 3080. The normalized spacial score (nSPS) is 13.3. The molecular weight excluding hydrogens is 967 g/mol. The SMILES string of the molecule is Nc1c(N=Nc2ccc(S(=O)(=O)CCOS(=O)(=O)O)cc2C(=O)O)c(S(=O)(=O)O)cc2cc(S(=O)(=O)O)c(N=Nc3ccc(S(=O)(=O)CCOS(=O)(=O)O)cc3C(=O)O)c(O)c12. The number of nitrogens with two attached hydrogens (primary N) is 1. The van der Waals surface area contributed by atoms with Crippen LogP contribution in [0.25, 0.3) is 10.8 Å². The van der Waals surface area contributed by atoms with Crippen LogP contribution in [0.15, 0.2) is 88.6 Å². The van der Waals surface area contributed by atoms with Crippen LogP contribution in [0.3, 0.4) is 0 Å². The number of azo groups is 2. The molecule has 4 aromatic rings. The molecule has 0 aromatic heterocycles. The van der Waals surface area contributed by atoms with Gasteiger partial charge in [0.25, 0.3) is 20.2 Å². The van der Waals surface area contributed by atoms with E-state index in [0.29, 0.717) is 30.3 Å². The number of phenolic OH excluding ortho intramolecular Hbond substituents is 1. The maximum absolute atomic E-state index is 12.7. The largest absolute Gasteiger partial charge is 0.505 e. The van der Waals surface area contributed by atoms with Gasteiger partial charge in [0.15, 0.2) is 25.4 Å². The van der Waals surface area contributed by atoms with Crippen LogP contribution < -0.4 is 5.73 Å². The third-order valence-electron chi connectivity index (χ3n) is 7.67. The van der Waals surface area contributed by atoms with Gasteiger partial charge in [-0.05, 0) is 53.9 Å². The molecule has 0 aliphatic rings. The van der Waals surface area contributed by atoms with Crippen LogP contribution in [0, 0.1) is 0 Å². The Labute approximate surface area is 348 Å². The number of hydrogen-bond donors (Lipinski definition) is 8. The number of phenols is 1. The molecule has 0 spiro atoms. The number of carbonyl (C=O) groups is 2. The van der Waals surface area contributed by atoms with Gasteiger partial charge in [0, 0.05) is 0 Å². The fourth-order valence-corrected chi connectivity index (χ4v) is 9.33. The molecule has 336 valence electrons. The third-order valence-corrected chi connectivity index (χ3v) is 13.7. The average molecular weight is 992 g/mol. The van der Waals surface area contributed by atoms with Crippen LogP contribution in [0.1, 0.15) is 20.7 Å². The van der Waals surface area contributed by atoms with Gasteiger partial charge in [0.2, 0.25) is 0 Å². The molecule has 0 fully saturated rings. The van der Waals surface area contributed by atoms with E-state index in [9.17, 15) is 84.5 Å². The number of fused-ring (bicyclic) bond motifs is 1. The Balaban J connectivity index is 1.90. The molecule has 0 atom stereocenters. The number of benzene rings is 4. The summed E-state index contributed by atoms with van der Waals surface area (Å²) in [6, 6.07) is 4.89. The standard InChI is InChI=1S/C28H25N5O23S6/c29-23-22-13(9-20(59(43,44)45)24(23)32-30-18-3-1-14(11-16(18)27(35)36)57(39,40)7-5-55-61(49,50)51)10-21(60(46,47)48)25(26(22)34)33-31-19-4-2-15(12-17(19)28(37)38)58(41,42)8-6-56-62(52,53)54/h1-4,9-12,34H,5-8,29H2,(H,35,36)(H,37,38)(H,43,44,45)(H,46,47,48)(H,49,50,51)(H,52,53,54). The highest BCUT2D eigenvalue weighted by Crippen LogP contribution is 2.48. The summed E-state index contributed by atoms with van der Waals surface area (Å²) in [6.07, 6.45) is 0. The van der Waals surface area contributed by atoms with E-state index in [1.165, 1.54) is 0 Å². The van der Waals surface area contributed by atoms with Gasteiger partial charge in [-0.2, -0.15) is 33.7 Å². The van der Waals surface area contributed by atoms with Gasteiger partial charge in [0.05, 0.1) is 56.7 Å². The Morgan fingerprint density at radius 3 is 1.29 bits per heavy atom. The van der Waals surface area contributed by atoms with Crippen LogP contribution >= 0.6 is 0 Å². The lowest BCUT2D eigenvalue weighted by molar-refractivity contribution is 0.0686. The first-order valence-corrected chi connectivity index (χ1v) is 24.5. The second kappa shape index (κ2) is 17.6. The van der Waals surface area contributed by atoms with Crippen molar-refractivity contribution in [2.75, 3.05) is 30.5 Å². The molecule has 0 saturated heterocycles. The minimum absolute atomic E-state index is 0.454. The first-order valence-electron chi connectivity index (χ1n) is 15.6. The van der Waals surface area contributed by atoms with Crippen LogP contribution in [0.2, 0.25) is 0 Å². The number of aromatic hydroxyl groups is 1. The Hall–Kier alpha value is -5.66. The van der Waals surface area contributed by atoms with Crippen LogP contribution in [0.5, 0.6) is 5.75 Å². The highest BCUT2D eigenvalue weighted by Gasteiger charge is 2.29. The second-order valence-corrected chi connectivity index (χ2v) is 20.9. The summed E-state index contributed by atoms with van der Waals surface area (Å²) in [5.41, 5.74) is -0.507. The van der Waals surface area contributed by atoms with Crippen molar-refractivity contribution in [2.45, 2.75) is 19.6 Å². The molecule has 0 bridgehead atoms. The quantitative estimate of drug-likeness (QED) is 0.0401. The molecule has 28 nitrogen and oxygen atoms in total. The Kier molecular flexibility index (Phi) is 13.9. The molecule has 4 rings (SSSR count). The number of carboxylic acids is 2. The van der Waals surface area contributed by atoms with Crippen molar-refractivity contribution >= 4 is 112 Å². The summed E-state index contributed by atoms with van der Waals surface area (Å²) in [4.78, 5) is 20.0. The van der Waals surface area contributed by atoms with Crippen molar-refractivity contribution in [2.24, 2.45) is 20.5 Å². The van der Waals surface area contributed by atoms with Gasteiger partial charge in [-0.25, -0.2) is 34.8 Å². The van der Waals surface area contributed by atoms with Gasteiger partial charge in [-0.15, -0.1) is 20.5 Å². The van der Waals surface area contributed by atoms with E-state index in [2.05, 4.69) is 28.8 Å². The molecule has 0 heterocycles. The van der Waals surface area contributed by atoms with Gasteiger partial charge in [0.1, 0.15) is 32.5 Å². The average Bonchev–Trinajstić information content (AvgIpc) is 3.11. The van der Waals surface area contributed by atoms with Crippen molar-refractivity contribution in [1.82, 2.24) is 0 Å². The Morgan fingerprint density at radius 1 is 0.565 bits per heavy atom. The number of carboxylic acid groups (broad SMARTS) is 2. The molecule has 9 N–H and O–H groups in total. The van der Waals surface area contributed by atoms with Crippen molar-refractivity contribution in [1.29, 1.82) is 0 Å². The zero-order chi connectivity index (χ0) is 47.0. The molecule has 0 unspecified atom stereocenters. The van der Waals surface area contributed by atoms with Gasteiger partial charge in [-0.1, -0.05) is 0 Å². The summed E-state index contributed by atoms with van der Waals surface area (Å²) in [5.74, 6) is -7.25. The third kappa shape index (κ3) is 11.8. The first kappa shape index (κ1) is 49.0. The summed E-state index contributed by atoms with van der Waals surface area (Å²) in [5, 5.41) is 43.5. The van der Waals surface area contributed by atoms with E-state index in [1.54, 1.807) is 0 Å². The summed E-state index contributed by atoms with van der Waals surface area (Å²) < 4.78 is 189. The molecule has 62 heavy (non-hydrogen) atoms. The van der Waals surface area contributed by atoms with Crippen LogP contribution in [-0.4, -0.2) is 121 Å². The fourth-order valence-electron chi connectivity index (χ4n) is 4.98. The molecule has 0 aliphatic carbocycles. The number of anilines is 1. The zero-order valence-corrected chi connectivity index (χ0v) is 34.8. The number of sulfone groups is 2. The van der Waals surface area contributed by atoms with Crippen LogP contribution in [-0.2, 0) is 69.1 Å². The van der Waals surface area contributed by atoms with Gasteiger partial charge < -0.3 is 21.1 Å². The molecular formula is C28H25N5O23S6. The molecule has 0 saturated carbocycles. The lowest BCUT2D eigenvalue weighted by atomic mass is 10.1. The monoisotopic (exact) mass is 991 g/mol. The van der Waals surface area contributed by atoms with Crippen molar-refractivity contribution in [3.8, 4) is 5.75 Å². The van der Waals surface area contributed by atoms with Gasteiger partial charge >= 0.3 is 32.7 Å². The Morgan fingerprint density at radius 2 is 0.935 bits per heavy atom. The van der Waals surface area contributed by atoms with E-state index in [-0.39, 0.29) is 0 Å². The number of rotatable bonds is 18. The lowest BCUT2D eigenvalue weighted by Gasteiger charge is -2.14. The topological polar surface area (TPSA) is 475 Å². The van der Waals surface area contributed by atoms with Crippen molar-refractivity contribution < 1.29 is 102 Å². The van der Waals surface area contributed by atoms with E-state index in [0.717, 1.165) is 18.2 Å². The fraction of sp³-hybridized carbons (Fsp3) is 0.143. The first-order chi connectivity index (χ1) is 28.2. The number of nitrogen functional groups attached to an aromatic ring is 1. The number of hydrogen-bond acceptors (Lipinski definition) is 22. The highest BCUT2D eigenvalue weighted by molar-refractivity contribution is 7.91. The minimum atomic E-state index is -5.50. The maximum Gasteiger partial charge on any atom is 0.397 e.